The molecule has 1 aliphatic carbocycles. The Morgan fingerprint density at radius 3 is 3.00 bits per heavy atom. The number of anilines is 1. The second-order valence-electron chi connectivity index (χ2n) is 3.78. The van der Waals surface area contributed by atoms with Gasteiger partial charge in [0, 0.05) is 10.8 Å². The smallest absolute Gasteiger partial charge is 0.197 e. The molecule has 3 N–H and O–H groups in total. The van der Waals surface area contributed by atoms with E-state index in [4.69, 9.17) is 5.84 Å². The number of aromatic nitrogens is 1. The molecule has 72 valence electrons. The third kappa shape index (κ3) is 1.44. The van der Waals surface area contributed by atoms with Gasteiger partial charge in [-0.15, -0.1) is 11.3 Å². The fourth-order valence-corrected chi connectivity index (χ4v) is 2.83. The Morgan fingerprint density at radius 1 is 1.54 bits per heavy atom. The number of aryl methyl sites for hydroxylation is 1. The molecule has 0 aromatic carbocycles. The monoisotopic (exact) mass is 197 g/mol. The minimum atomic E-state index is 0.585. The standard InChI is InChI=1S/C9H15N3S/c1-5-3-4-7-8(6(5)2)11-9(12-10)13-7/h5-6H,3-4,10H2,1-2H3,(H,11,12). The van der Waals surface area contributed by atoms with Gasteiger partial charge in [-0.05, 0) is 18.8 Å². The molecule has 2 rings (SSSR count). The van der Waals surface area contributed by atoms with Gasteiger partial charge in [-0.25, -0.2) is 10.8 Å². The maximum absolute atomic E-state index is 5.34. The lowest BCUT2D eigenvalue weighted by atomic mass is 9.83. The van der Waals surface area contributed by atoms with Crippen LogP contribution in [0.25, 0.3) is 0 Å². The summed E-state index contributed by atoms with van der Waals surface area (Å²) in [5, 5.41) is 0.853. The molecule has 2 atom stereocenters. The molecule has 1 heterocycles. The van der Waals surface area contributed by atoms with Crippen LogP contribution in [0.2, 0.25) is 0 Å². The van der Waals surface area contributed by atoms with Gasteiger partial charge < -0.3 is 0 Å². The van der Waals surface area contributed by atoms with E-state index < -0.39 is 0 Å². The van der Waals surface area contributed by atoms with Gasteiger partial charge in [0.05, 0.1) is 5.69 Å². The van der Waals surface area contributed by atoms with Crippen molar-refractivity contribution in [1.29, 1.82) is 0 Å². The Hall–Kier alpha value is -0.610. The molecule has 0 aliphatic heterocycles. The van der Waals surface area contributed by atoms with Gasteiger partial charge in [-0.2, -0.15) is 0 Å². The molecular weight excluding hydrogens is 182 g/mol. The highest BCUT2D eigenvalue weighted by molar-refractivity contribution is 7.15. The molecule has 0 radical (unpaired) electrons. The topological polar surface area (TPSA) is 50.9 Å². The van der Waals surface area contributed by atoms with E-state index in [0.29, 0.717) is 5.92 Å². The van der Waals surface area contributed by atoms with Crippen molar-refractivity contribution in [3.63, 3.8) is 0 Å². The van der Waals surface area contributed by atoms with Gasteiger partial charge in [-0.3, -0.25) is 5.43 Å². The lowest BCUT2D eigenvalue weighted by Crippen LogP contribution is -2.15. The van der Waals surface area contributed by atoms with Crippen LogP contribution in [0.4, 0.5) is 5.13 Å². The molecule has 13 heavy (non-hydrogen) atoms. The van der Waals surface area contributed by atoms with E-state index in [9.17, 15) is 0 Å². The molecular formula is C9H15N3S. The van der Waals surface area contributed by atoms with E-state index in [0.717, 1.165) is 11.0 Å². The fourth-order valence-electron chi connectivity index (χ4n) is 1.84. The number of nitrogens with one attached hydrogen (secondary N) is 1. The normalized spacial score (nSPS) is 27.0. The maximum atomic E-state index is 5.34. The quantitative estimate of drug-likeness (QED) is 0.535. The van der Waals surface area contributed by atoms with Gasteiger partial charge in [0.1, 0.15) is 0 Å². The van der Waals surface area contributed by atoms with Crippen LogP contribution < -0.4 is 11.3 Å². The number of fused-ring (bicyclic) bond motifs is 1. The Balaban J connectivity index is 2.36. The van der Waals surface area contributed by atoms with Gasteiger partial charge in [-0.1, -0.05) is 13.8 Å². The Bertz CT molecular complexity index is 308. The Morgan fingerprint density at radius 2 is 2.31 bits per heavy atom. The third-order valence-electron chi connectivity index (χ3n) is 2.96. The number of thiazole rings is 1. The minimum absolute atomic E-state index is 0.585. The zero-order chi connectivity index (χ0) is 9.42. The predicted molar refractivity (Wildman–Crippen MR) is 55.8 cm³/mol. The average Bonchev–Trinajstić information content (AvgIpc) is 2.55. The van der Waals surface area contributed by atoms with Crippen LogP contribution in [0.5, 0.6) is 0 Å². The van der Waals surface area contributed by atoms with Gasteiger partial charge >= 0.3 is 0 Å². The van der Waals surface area contributed by atoms with E-state index >= 15 is 0 Å². The first-order valence-electron chi connectivity index (χ1n) is 4.68. The lowest BCUT2D eigenvalue weighted by molar-refractivity contribution is 0.422. The van der Waals surface area contributed by atoms with Crippen LogP contribution in [-0.2, 0) is 6.42 Å². The maximum Gasteiger partial charge on any atom is 0.197 e. The molecule has 1 aliphatic rings. The molecule has 2 unspecified atom stereocenters. The molecule has 0 fully saturated rings. The largest absolute Gasteiger partial charge is 0.300 e. The number of hydrogen-bond donors (Lipinski definition) is 2. The summed E-state index contributed by atoms with van der Waals surface area (Å²) in [6.45, 7) is 4.55. The van der Waals surface area contributed by atoms with Gasteiger partial charge in [0.2, 0.25) is 0 Å². The van der Waals surface area contributed by atoms with Crippen molar-refractivity contribution in [2.45, 2.75) is 32.6 Å². The fraction of sp³-hybridized carbons (Fsp3) is 0.667. The van der Waals surface area contributed by atoms with Crippen LogP contribution in [-0.4, -0.2) is 4.98 Å². The SMILES string of the molecule is CC1CCc2sc(NN)nc2C1C. The summed E-state index contributed by atoms with van der Waals surface area (Å²) in [6, 6.07) is 0. The number of hydrazine groups is 1. The van der Waals surface area contributed by atoms with Crippen molar-refractivity contribution in [2.75, 3.05) is 5.43 Å². The molecule has 0 spiro atoms. The minimum Gasteiger partial charge on any atom is -0.300 e. The predicted octanol–water partition coefficient (Wildman–Crippen LogP) is 2.11. The summed E-state index contributed by atoms with van der Waals surface area (Å²) in [5.41, 5.74) is 3.89. The summed E-state index contributed by atoms with van der Waals surface area (Å²) in [7, 11) is 0. The van der Waals surface area contributed by atoms with Crippen LogP contribution in [0, 0.1) is 5.92 Å². The van der Waals surface area contributed by atoms with Crippen LogP contribution in [0.1, 0.15) is 36.8 Å². The summed E-state index contributed by atoms with van der Waals surface area (Å²) >= 11 is 1.69. The number of hydrogen-bond acceptors (Lipinski definition) is 4. The molecule has 0 saturated heterocycles. The van der Waals surface area contributed by atoms with E-state index in [2.05, 4.69) is 24.3 Å². The highest BCUT2D eigenvalue weighted by atomic mass is 32.1. The molecule has 0 bridgehead atoms. The first kappa shape index (κ1) is 8.97. The molecule has 0 saturated carbocycles. The average molecular weight is 197 g/mol. The Labute approximate surface area is 82.3 Å². The Kier molecular flexibility index (Phi) is 2.26. The lowest BCUT2D eigenvalue weighted by Gasteiger charge is -2.24. The summed E-state index contributed by atoms with van der Waals surface area (Å²) in [6.07, 6.45) is 2.44. The van der Waals surface area contributed by atoms with Crippen molar-refractivity contribution >= 4 is 16.5 Å². The van der Waals surface area contributed by atoms with Crippen molar-refractivity contribution in [2.24, 2.45) is 11.8 Å². The van der Waals surface area contributed by atoms with E-state index in [1.54, 1.807) is 11.3 Å². The molecule has 0 amide bonds. The zero-order valence-electron chi connectivity index (χ0n) is 8.00. The van der Waals surface area contributed by atoms with Crippen molar-refractivity contribution in [3.8, 4) is 0 Å². The van der Waals surface area contributed by atoms with Gasteiger partial charge in [0.15, 0.2) is 5.13 Å². The van der Waals surface area contributed by atoms with E-state index in [1.165, 1.54) is 23.4 Å². The van der Waals surface area contributed by atoms with E-state index in [1.807, 2.05) is 0 Å². The van der Waals surface area contributed by atoms with Crippen molar-refractivity contribution in [1.82, 2.24) is 4.98 Å². The number of nitrogens with zero attached hydrogens (tertiary/aromatic N) is 1. The molecule has 4 heteroatoms. The van der Waals surface area contributed by atoms with Gasteiger partial charge in [0.25, 0.3) is 0 Å². The van der Waals surface area contributed by atoms with Crippen molar-refractivity contribution < 1.29 is 0 Å². The summed E-state index contributed by atoms with van der Waals surface area (Å²) in [4.78, 5) is 5.90. The molecule has 1 aromatic rings. The first-order valence-corrected chi connectivity index (χ1v) is 5.50. The molecule has 3 nitrogen and oxygen atoms in total. The van der Waals surface area contributed by atoms with Crippen LogP contribution in [0.3, 0.4) is 0 Å². The van der Waals surface area contributed by atoms with Crippen LogP contribution in [0.15, 0.2) is 0 Å². The number of rotatable bonds is 1. The third-order valence-corrected chi connectivity index (χ3v) is 4.02. The number of nitrogen functional groups attached to an aromatic ring is 1. The second-order valence-corrected chi connectivity index (χ2v) is 4.86. The summed E-state index contributed by atoms with van der Waals surface area (Å²) < 4.78 is 0. The summed E-state index contributed by atoms with van der Waals surface area (Å²) in [5.74, 6) is 6.68. The highest BCUT2D eigenvalue weighted by Crippen LogP contribution is 2.39. The van der Waals surface area contributed by atoms with Crippen molar-refractivity contribution in [3.05, 3.63) is 10.6 Å². The first-order chi connectivity index (χ1) is 6.22. The molecule has 1 aromatic heterocycles. The second kappa shape index (κ2) is 3.27. The number of nitrogens with two attached hydrogens (primary N) is 1. The van der Waals surface area contributed by atoms with Crippen LogP contribution >= 0.6 is 11.3 Å². The highest BCUT2D eigenvalue weighted by Gasteiger charge is 2.26. The van der Waals surface area contributed by atoms with E-state index in [-0.39, 0.29) is 0 Å². The zero-order valence-corrected chi connectivity index (χ0v) is 8.82.